The van der Waals surface area contributed by atoms with Gasteiger partial charge in [0.1, 0.15) is 12.6 Å². The van der Waals surface area contributed by atoms with Gasteiger partial charge < -0.3 is 20.1 Å². The third kappa shape index (κ3) is 5.16. The van der Waals surface area contributed by atoms with Crippen molar-refractivity contribution in [1.29, 1.82) is 0 Å². The summed E-state index contributed by atoms with van der Waals surface area (Å²) >= 11 is 0. The molecule has 110 valence electrons. The van der Waals surface area contributed by atoms with Crippen molar-refractivity contribution in [2.45, 2.75) is 38.8 Å². The van der Waals surface area contributed by atoms with E-state index in [4.69, 9.17) is 4.74 Å². The monoisotopic (exact) mass is 272 g/mol. The lowest BCUT2D eigenvalue weighted by Crippen LogP contribution is -2.60. The number of carbonyl (C=O) groups is 2. The van der Waals surface area contributed by atoms with Gasteiger partial charge in [-0.25, -0.2) is 4.79 Å². The lowest BCUT2D eigenvalue weighted by molar-refractivity contribution is -0.148. The highest BCUT2D eigenvalue weighted by atomic mass is 16.5. The van der Waals surface area contributed by atoms with Crippen molar-refractivity contribution in [2.24, 2.45) is 5.92 Å². The zero-order valence-corrected chi connectivity index (χ0v) is 12.1. The molecule has 0 radical (unpaired) electrons. The standard InChI is InChI=1S/C13H24N2O4/c1-9(2)5-10(12(17)18-4)15-11(16)6-19-13(3)7-14-8-13/h9-10,14H,5-8H2,1-4H3,(H,15,16)/t10-/m0/s1. The molecule has 19 heavy (non-hydrogen) atoms. The van der Waals surface area contributed by atoms with E-state index >= 15 is 0 Å². The van der Waals surface area contributed by atoms with Crippen molar-refractivity contribution in [3.05, 3.63) is 0 Å². The normalized spacial score (nSPS) is 18.6. The Morgan fingerprint density at radius 1 is 1.37 bits per heavy atom. The number of hydrogen-bond acceptors (Lipinski definition) is 5. The molecule has 0 saturated carbocycles. The number of amides is 1. The summed E-state index contributed by atoms with van der Waals surface area (Å²) in [5.41, 5.74) is -0.268. The maximum atomic E-state index is 11.8. The van der Waals surface area contributed by atoms with E-state index in [1.807, 2.05) is 20.8 Å². The summed E-state index contributed by atoms with van der Waals surface area (Å²) in [6.45, 7) is 7.37. The summed E-state index contributed by atoms with van der Waals surface area (Å²) in [6, 6.07) is -0.603. The van der Waals surface area contributed by atoms with Crippen molar-refractivity contribution < 1.29 is 19.1 Å². The van der Waals surface area contributed by atoms with E-state index < -0.39 is 12.0 Å². The van der Waals surface area contributed by atoms with Crippen LogP contribution >= 0.6 is 0 Å². The Kier molecular flexibility index (Phi) is 5.75. The summed E-state index contributed by atoms with van der Waals surface area (Å²) < 4.78 is 10.2. The van der Waals surface area contributed by atoms with Crippen LogP contribution in [-0.4, -0.2) is 50.3 Å². The quantitative estimate of drug-likeness (QED) is 0.641. The van der Waals surface area contributed by atoms with Gasteiger partial charge in [-0.05, 0) is 19.3 Å². The zero-order chi connectivity index (χ0) is 14.5. The number of nitrogens with one attached hydrogen (secondary N) is 2. The summed E-state index contributed by atoms with van der Waals surface area (Å²) in [6.07, 6.45) is 0.553. The Labute approximate surface area is 114 Å². The highest BCUT2D eigenvalue weighted by Gasteiger charge is 2.33. The second kappa shape index (κ2) is 6.86. The molecule has 0 unspecified atom stereocenters. The first kappa shape index (κ1) is 15.9. The molecule has 0 aliphatic carbocycles. The highest BCUT2D eigenvalue weighted by Crippen LogP contribution is 2.14. The minimum atomic E-state index is -0.603. The van der Waals surface area contributed by atoms with Gasteiger partial charge in [-0.1, -0.05) is 13.8 Å². The van der Waals surface area contributed by atoms with Gasteiger partial charge in [0, 0.05) is 13.1 Å². The van der Waals surface area contributed by atoms with Crippen molar-refractivity contribution >= 4 is 11.9 Å². The van der Waals surface area contributed by atoms with E-state index in [0.717, 1.165) is 13.1 Å². The van der Waals surface area contributed by atoms with E-state index in [2.05, 4.69) is 15.4 Å². The molecule has 6 heteroatoms. The van der Waals surface area contributed by atoms with Crippen molar-refractivity contribution in [3.63, 3.8) is 0 Å². The first-order chi connectivity index (χ1) is 8.86. The molecule has 0 aromatic rings. The average Bonchev–Trinajstić information content (AvgIpc) is 2.31. The Hall–Kier alpha value is -1.14. The Bertz CT molecular complexity index is 327. The van der Waals surface area contributed by atoms with Gasteiger partial charge in [0.2, 0.25) is 5.91 Å². The number of rotatable bonds is 7. The van der Waals surface area contributed by atoms with Gasteiger partial charge >= 0.3 is 5.97 Å². The first-order valence-electron chi connectivity index (χ1n) is 6.58. The molecule has 1 aliphatic heterocycles. The fourth-order valence-corrected chi connectivity index (χ4v) is 1.88. The smallest absolute Gasteiger partial charge is 0.328 e. The summed E-state index contributed by atoms with van der Waals surface area (Å²) in [7, 11) is 1.32. The number of carbonyl (C=O) groups excluding carboxylic acids is 2. The highest BCUT2D eigenvalue weighted by molar-refractivity contribution is 5.85. The van der Waals surface area contributed by atoms with E-state index in [9.17, 15) is 9.59 Å². The van der Waals surface area contributed by atoms with E-state index in [1.165, 1.54) is 7.11 Å². The maximum Gasteiger partial charge on any atom is 0.328 e. The number of esters is 1. The molecule has 0 bridgehead atoms. The van der Waals surface area contributed by atoms with Crippen LogP contribution in [0, 0.1) is 5.92 Å². The molecule has 0 aromatic heterocycles. The van der Waals surface area contributed by atoms with E-state index in [1.54, 1.807) is 0 Å². The second-order valence-corrected chi connectivity index (χ2v) is 5.61. The molecule has 1 atom stereocenters. The topological polar surface area (TPSA) is 76.7 Å². The third-order valence-electron chi connectivity index (χ3n) is 3.08. The van der Waals surface area contributed by atoms with Crippen LogP contribution in [0.25, 0.3) is 0 Å². The molecule has 0 spiro atoms. The van der Waals surface area contributed by atoms with E-state index in [-0.39, 0.29) is 18.1 Å². The Balaban J connectivity index is 2.39. The number of methoxy groups -OCH3 is 1. The average molecular weight is 272 g/mol. The van der Waals surface area contributed by atoms with Gasteiger partial charge in [-0.3, -0.25) is 4.79 Å². The summed E-state index contributed by atoms with van der Waals surface area (Å²) in [4.78, 5) is 23.3. The minimum Gasteiger partial charge on any atom is -0.467 e. The predicted molar refractivity (Wildman–Crippen MR) is 70.6 cm³/mol. The largest absolute Gasteiger partial charge is 0.467 e. The second-order valence-electron chi connectivity index (χ2n) is 5.61. The molecular formula is C13H24N2O4. The van der Waals surface area contributed by atoms with Crippen LogP contribution in [0.3, 0.4) is 0 Å². The molecule has 1 saturated heterocycles. The van der Waals surface area contributed by atoms with Crippen LogP contribution < -0.4 is 10.6 Å². The summed E-state index contributed by atoms with van der Waals surface area (Å²) in [5.74, 6) is -0.415. The molecule has 1 fully saturated rings. The lowest BCUT2D eigenvalue weighted by Gasteiger charge is -2.38. The van der Waals surface area contributed by atoms with E-state index in [0.29, 0.717) is 12.3 Å². The Morgan fingerprint density at radius 2 is 2.00 bits per heavy atom. The number of ether oxygens (including phenoxy) is 2. The van der Waals surface area contributed by atoms with Gasteiger partial charge in [-0.15, -0.1) is 0 Å². The lowest BCUT2D eigenvalue weighted by atomic mass is 10.0. The van der Waals surface area contributed by atoms with Crippen molar-refractivity contribution in [2.75, 3.05) is 26.8 Å². The molecule has 1 amide bonds. The van der Waals surface area contributed by atoms with Crippen LogP contribution in [0.15, 0.2) is 0 Å². The van der Waals surface area contributed by atoms with Crippen LogP contribution in [-0.2, 0) is 19.1 Å². The van der Waals surface area contributed by atoms with Crippen LogP contribution in [0.4, 0.5) is 0 Å². The molecular weight excluding hydrogens is 248 g/mol. The minimum absolute atomic E-state index is 0.0379. The molecule has 6 nitrogen and oxygen atoms in total. The van der Waals surface area contributed by atoms with Gasteiger partial charge in [0.25, 0.3) is 0 Å². The zero-order valence-electron chi connectivity index (χ0n) is 12.1. The maximum absolute atomic E-state index is 11.8. The molecule has 1 heterocycles. The summed E-state index contributed by atoms with van der Waals surface area (Å²) in [5, 5.41) is 5.75. The van der Waals surface area contributed by atoms with Gasteiger partial charge in [0.05, 0.1) is 12.7 Å². The fraction of sp³-hybridized carbons (Fsp3) is 0.846. The van der Waals surface area contributed by atoms with Crippen molar-refractivity contribution in [3.8, 4) is 0 Å². The molecule has 1 rings (SSSR count). The third-order valence-corrected chi connectivity index (χ3v) is 3.08. The van der Waals surface area contributed by atoms with Crippen LogP contribution in [0.5, 0.6) is 0 Å². The van der Waals surface area contributed by atoms with Crippen molar-refractivity contribution in [1.82, 2.24) is 10.6 Å². The molecule has 1 aliphatic rings. The SMILES string of the molecule is COC(=O)[C@H](CC(C)C)NC(=O)COC1(C)CNC1. The predicted octanol–water partition coefficient (Wildman–Crippen LogP) is 0.0688. The first-order valence-corrected chi connectivity index (χ1v) is 6.58. The van der Waals surface area contributed by atoms with Crippen LogP contribution in [0.1, 0.15) is 27.2 Å². The number of hydrogen-bond donors (Lipinski definition) is 2. The van der Waals surface area contributed by atoms with Gasteiger partial charge in [0.15, 0.2) is 0 Å². The molecule has 0 aromatic carbocycles. The van der Waals surface area contributed by atoms with Gasteiger partial charge in [-0.2, -0.15) is 0 Å². The fourth-order valence-electron chi connectivity index (χ4n) is 1.88. The Morgan fingerprint density at radius 3 is 2.42 bits per heavy atom. The van der Waals surface area contributed by atoms with Crippen LogP contribution in [0.2, 0.25) is 0 Å². The molecule has 2 N–H and O–H groups in total.